The van der Waals surface area contributed by atoms with Crippen LogP contribution in [0.5, 0.6) is 0 Å². The van der Waals surface area contributed by atoms with Crippen molar-refractivity contribution < 1.29 is 13.7 Å². The predicted molar refractivity (Wildman–Crippen MR) is 182 cm³/mol. The highest BCUT2D eigenvalue weighted by Gasteiger charge is 2.21. The van der Waals surface area contributed by atoms with Gasteiger partial charge in [0, 0.05) is 18.8 Å². The zero-order valence-electron chi connectivity index (χ0n) is 32.9. The minimum atomic E-state index is -2.99. The molecule has 0 amide bonds. The lowest BCUT2D eigenvalue weighted by molar-refractivity contribution is 0.909. The van der Waals surface area contributed by atoms with E-state index in [2.05, 4.69) is 4.98 Å². The molecule has 0 bridgehead atoms. The number of hydrogen-bond acceptors (Lipinski definition) is 1. The highest BCUT2D eigenvalue weighted by molar-refractivity contribution is 6.22. The maximum atomic E-state index is 8.81. The van der Waals surface area contributed by atoms with Crippen LogP contribution in [0.15, 0.2) is 152 Å². The van der Waals surface area contributed by atoms with E-state index in [1.807, 2.05) is 97.1 Å². The Balaban J connectivity index is 1.44. The molecule has 0 aliphatic rings. The summed E-state index contributed by atoms with van der Waals surface area (Å²) in [6, 6.07) is 36.1. The Morgan fingerprint density at radius 1 is 0.628 bits per heavy atom. The first-order chi connectivity index (χ1) is 25.3. The molecule has 0 saturated heterocycles. The van der Waals surface area contributed by atoms with Crippen LogP contribution in [0.4, 0.5) is 0 Å². The third-order valence-corrected chi connectivity index (χ3v) is 7.96. The Labute approximate surface area is 265 Å². The van der Waals surface area contributed by atoms with Crippen LogP contribution >= 0.6 is 0 Å². The molecule has 1 heterocycles. The minimum Gasteiger partial charge on any atom is -0.296 e. The Morgan fingerprint density at radius 3 is 2.00 bits per heavy atom. The molecule has 0 spiro atoms. The first-order valence-corrected chi connectivity index (χ1v) is 14.0. The summed E-state index contributed by atoms with van der Waals surface area (Å²) in [6.07, 6.45) is -2.78. The third kappa shape index (κ3) is 4.14. The maximum absolute atomic E-state index is 8.81. The largest absolute Gasteiger partial charge is 0.296 e. The number of aryl methyl sites for hydroxylation is 1. The summed E-state index contributed by atoms with van der Waals surface area (Å²) >= 11 is 0. The van der Waals surface area contributed by atoms with Crippen LogP contribution in [0.3, 0.4) is 0 Å². The van der Waals surface area contributed by atoms with E-state index in [9.17, 15) is 0 Å². The predicted octanol–water partition coefficient (Wildman–Crippen LogP) is 10.9. The molecule has 2 heteroatoms. The zero-order valence-corrected chi connectivity index (χ0v) is 22.9. The van der Waals surface area contributed by atoms with Gasteiger partial charge in [0.2, 0.25) is 0 Å². The van der Waals surface area contributed by atoms with Crippen molar-refractivity contribution in [1.82, 2.24) is 9.55 Å². The number of para-hydroxylation sites is 3. The molecule has 0 atom stereocenters. The molecule has 0 saturated carbocycles. The second kappa shape index (κ2) is 10.4. The molecule has 0 aliphatic carbocycles. The first kappa shape index (κ1) is 16.8. The lowest BCUT2D eigenvalue weighted by atomic mass is 9.85. The van der Waals surface area contributed by atoms with Gasteiger partial charge in [0.05, 0.1) is 23.6 Å². The topological polar surface area (TPSA) is 17.8 Å². The zero-order chi connectivity index (χ0) is 37.4. The molecule has 8 aromatic rings. The summed E-state index contributed by atoms with van der Waals surface area (Å²) < 4.78 is 85.4. The van der Waals surface area contributed by atoms with Crippen LogP contribution < -0.4 is 0 Å². The van der Waals surface area contributed by atoms with Crippen LogP contribution in [0, 0.1) is 0 Å². The number of nitrogens with zero attached hydrogens (tertiary/aromatic N) is 2. The van der Waals surface area contributed by atoms with Crippen molar-refractivity contribution in [3.8, 4) is 39.1 Å². The van der Waals surface area contributed by atoms with Crippen molar-refractivity contribution in [3.05, 3.63) is 157 Å². The molecular formula is C41H30N2. The van der Waals surface area contributed by atoms with E-state index >= 15 is 0 Å². The van der Waals surface area contributed by atoms with Crippen LogP contribution in [-0.2, 0) is 6.37 Å². The molecule has 7 aromatic carbocycles. The van der Waals surface area contributed by atoms with Gasteiger partial charge in [-0.15, -0.1) is 0 Å². The van der Waals surface area contributed by atoms with Crippen molar-refractivity contribution in [2.45, 2.75) is 13.2 Å². The van der Waals surface area contributed by atoms with E-state index in [1.54, 1.807) is 28.8 Å². The highest BCUT2D eigenvalue weighted by atomic mass is 15.1. The molecule has 0 N–H and O–H groups in total. The quantitative estimate of drug-likeness (QED) is 0.191. The SMILES string of the molecule is [2H]c1c([2H])c([2H])c(-c2cccc(-c3c4ccccc4c(-c4ccccc4-n4c(C([2H])([2H])C([2H])([2H])[2H])nc5ccccc54)c4ccccc34)c2)c([2H])c1[2H]. The first-order valence-electron chi connectivity index (χ1n) is 19.0. The van der Waals surface area contributed by atoms with Gasteiger partial charge in [0.25, 0.3) is 0 Å². The second-order valence-corrected chi connectivity index (χ2v) is 10.3. The summed E-state index contributed by atoms with van der Waals surface area (Å²) in [5.74, 6) is -0.221. The van der Waals surface area contributed by atoms with Gasteiger partial charge in [-0.05, 0) is 73.6 Å². The molecule has 204 valence electrons. The van der Waals surface area contributed by atoms with Gasteiger partial charge in [-0.1, -0.05) is 134 Å². The van der Waals surface area contributed by atoms with Crippen LogP contribution in [0.25, 0.3) is 71.6 Å². The standard InChI is InChI=1S/C41H30N2/c1-2-39-42-36-24-11-13-26-38(36)43(39)37-25-12-10-23-35(37)41-33-21-8-6-19-31(33)40(32-20-7-9-22-34(32)41)30-18-14-17-29(27-30)28-15-4-3-5-16-28/h3-27H,2H2,1H3/i1D3,2D2,3D,4D,5D,15D,16D. The Kier molecular flexibility index (Phi) is 4.08. The summed E-state index contributed by atoms with van der Waals surface area (Å²) in [4.78, 5) is 4.57. The van der Waals surface area contributed by atoms with Crippen molar-refractivity contribution in [1.29, 1.82) is 0 Å². The van der Waals surface area contributed by atoms with Crippen LogP contribution in [0.2, 0.25) is 0 Å². The highest BCUT2D eigenvalue weighted by Crippen LogP contribution is 2.45. The van der Waals surface area contributed by atoms with Gasteiger partial charge < -0.3 is 0 Å². The van der Waals surface area contributed by atoms with Crippen LogP contribution in [-0.4, -0.2) is 9.55 Å². The Bertz CT molecular complexity index is 2680. The smallest absolute Gasteiger partial charge is 0.114 e. The summed E-state index contributed by atoms with van der Waals surface area (Å²) in [5, 5.41) is 3.55. The average molecular weight is 561 g/mol. The monoisotopic (exact) mass is 560 g/mol. The van der Waals surface area contributed by atoms with E-state index in [0.717, 1.165) is 43.8 Å². The lowest BCUT2D eigenvalue weighted by Gasteiger charge is -2.21. The molecule has 0 fully saturated rings. The molecule has 1 aromatic heterocycles. The molecule has 43 heavy (non-hydrogen) atoms. The maximum Gasteiger partial charge on any atom is 0.114 e. The fourth-order valence-corrected chi connectivity index (χ4v) is 6.19. The number of aromatic nitrogens is 2. The van der Waals surface area contributed by atoms with E-state index in [0.29, 0.717) is 22.3 Å². The van der Waals surface area contributed by atoms with E-state index in [4.69, 9.17) is 13.7 Å². The molecule has 2 nitrogen and oxygen atoms in total. The molecule has 0 aliphatic heterocycles. The van der Waals surface area contributed by atoms with Gasteiger partial charge in [0.1, 0.15) is 5.82 Å². The number of fused-ring (bicyclic) bond motifs is 3. The number of hydrogen-bond donors (Lipinski definition) is 0. The number of rotatable bonds is 5. The normalized spacial score (nSPS) is 15.4. The fraction of sp³-hybridized carbons (Fsp3) is 0.0488. The fourth-order valence-electron chi connectivity index (χ4n) is 6.19. The Morgan fingerprint density at radius 2 is 1.26 bits per heavy atom. The lowest BCUT2D eigenvalue weighted by Crippen LogP contribution is -2.03. The second-order valence-electron chi connectivity index (χ2n) is 10.3. The van der Waals surface area contributed by atoms with Crippen molar-refractivity contribution >= 4 is 32.6 Å². The average Bonchev–Trinajstić information content (AvgIpc) is 3.55. The van der Waals surface area contributed by atoms with Gasteiger partial charge in [-0.25, -0.2) is 4.98 Å². The third-order valence-electron chi connectivity index (χ3n) is 7.96. The van der Waals surface area contributed by atoms with Gasteiger partial charge in [0.15, 0.2) is 0 Å². The van der Waals surface area contributed by atoms with Crippen molar-refractivity contribution in [2.75, 3.05) is 0 Å². The van der Waals surface area contributed by atoms with Gasteiger partial charge in [-0.3, -0.25) is 4.57 Å². The van der Waals surface area contributed by atoms with E-state index < -0.39 is 31.4 Å². The van der Waals surface area contributed by atoms with E-state index in [-0.39, 0.29) is 23.5 Å². The molecule has 8 rings (SSSR count). The molecule has 0 radical (unpaired) electrons. The minimum absolute atomic E-state index is 0.122. The summed E-state index contributed by atoms with van der Waals surface area (Å²) in [7, 11) is 0. The van der Waals surface area contributed by atoms with Crippen molar-refractivity contribution in [3.63, 3.8) is 0 Å². The van der Waals surface area contributed by atoms with E-state index in [1.165, 1.54) is 0 Å². The molecular weight excluding hydrogens is 520 g/mol. The Hall–Kier alpha value is -5.47. The van der Waals surface area contributed by atoms with Crippen molar-refractivity contribution in [2.24, 2.45) is 0 Å². The summed E-state index contributed by atoms with van der Waals surface area (Å²) in [6.45, 7) is -2.99. The van der Waals surface area contributed by atoms with Gasteiger partial charge in [-0.2, -0.15) is 0 Å². The van der Waals surface area contributed by atoms with Gasteiger partial charge >= 0.3 is 0 Å². The molecule has 0 unspecified atom stereocenters. The number of imidazole rings is 1. The number of benzene rings is 7. The summed E-state index contributed by atoms with van der Waals surface area (Å²) in [5.41, 5.74) is 5.49. The van der Waals surface area contributed by atoms with Crippen LogP contribution in [0.1, 0.15) is 26.4 Å².